The summed E-state index contributed by atoms with van der Waals surface area (Å²) in [6, 6.07) is 16.8. The smallest absolute Gasteiger partial charge is 0.250 e. The van der Waals surface area contributed by atoms with Gasteiger partial charge in [-0.1, -0.05) is 66.6 Å². The normalized spacial score (nSPS) is 23.2. The van der Waals surface area contributed by atoms with Crippen LogP contribution in [-0.4, -0.2) is 79.7 Å². The van der Waals surface area contributed by atoms with Crippen molar-refractivity contribution >= 4 is 23.6 Å². The molecule has 4 aromatic rings. The average molecular weight is 823 g/mol. The number of imidazole rings is 2. The highest BCUT2D eigenvalue weighted by Gasteiger charge is 2.40. The van der Waals surface area contributed by atoms with Crippen LogP contribution in [0.3, 0.4) is 0 Å². The number of H-pyrrole nitrogens is 2. The molecule has 14 nitrogen and oxygen atoms in total. The molecule has 0 spiro atoms. The number of likely N-dealkylation sites (tertiary alicyclic amines) is 2. The highest BCUT2D eigenvalue weighted by molar-refractivity contribution is 5.91. The number of carbonyl (C=O) groups is 4. The first kappa shape index (κ1) is 40.2. The van der Waals surface area contributed by atoms with Crippen LogP contribution in [0.25, 0.3) is 0 Å². The molecule has 14 heteroatoms. The number of nitrogens with zero attached hydrogens (tertiary/aromatic N) is 4. The summed E-state index contributed by atoms with van der Waals surface area (Å²) in [6.45, 7) is 1.82. The molecule has 5 fully saturated rings. The van der Waals surface area contributed by atoms with Crippen molar-refractivity contribution < 1.29 is 28.7 Å². The van der Waals surface area contributed by atoms with Crippen molar-refractivity contribution in [3.8, 4) is 23.7 Å². The zero-order chi connectivity index (χ0) is 41.7. The minimum atomic E-state index is -0.764. The number of amides is 4. The number of aromatic nitrogens is 4. The van der Waals surface area contributed by atoms with Crippen LogP contribution in [0.2, 0.25) is 0 Å². The lowest BCUT2D eigenvalue weighted by Crippen LogP contribution is -2.43. The predicted molar refractivity (Wildman–Crippen MR) is 222 cm³/mol. The summed E-state index contributed by atoms with van der Waals surface area (Å²) >= 11 is 0. The van der Waals surface area contributed by atoms with Crippen molar-refractivity contribution in [2.24, 2.45) is 17.8 Å². The van der Waals surface area contributed by atoms with Crippen LogP contribution < -0.4 is 10.6 Å². The summed E-state index contributed by atoms with van der Waals surface area (Å²) in [5.41, 5.74) is 2.77. The second-order valence-corrected chi connectivity index (χ2v) is 16.7. The molecule has 0 radical (unpaired) electrons. The third kappa shape index (κ3) is 9.57. The molecule has 3 aliphatic heterocycles. The molecule has 2 aromatic carbocycles. The fourth-order valence-electron chi connectivity index (χ4n) is 8.45. The first-order valence-electron chi connectivity index (χ1n) is 21.5. The van der Waals surface area contributed by atoms with E-state index in [9.17, 15) is 19.2 Å². The van der Waals surface area contributed by atoms with E-state index < -0.39 is 18.4 Å². The SMILES string of the molecule is O=C(CC1CC1)N[C@H](C(=O)N1CCC[C@H]1c1ncc(C2OCC(C#CC#Cc3cnc([C@@H]4CCCN4C(=O)[C@@H](NC(=O)C4CC4)c4ccccc4)[nH]3)CO2)[nH]1)c1ccccc1. The van der Waals surface area contributed by atoms with Crippen LogP contribution in [0.5, 0.6) is 0 Å². The molecule has 4 atom stereocenters. The molecule has 4 amide bonds. The Bertz CT molecular complexity index is 2340. The molecule has 61 heavy (non-hydrogen) atoms. The first-order valence-corrected chi connectivity index (χ1v) is 21.5. The van der Waals surface area contributed by atoms with Crippen LogP contribution >= 0.6 is 0 Å². The molecule has 9 rings (SSSR count). The fourth-order valence-corrected chi connectivity index (χ4v) is 8.45. The number of benzene rings is 2. The number of hydrogen-bond donors (Lipinski definition) is 4. The van der Waals surface area contributed by atoms with Gasteiger partial charge in [0, 0.05) is 25.4 Å². The minimum Gasteiger partial charge on any atom is -0.346 e. The summed E-state index contributed by atoms with van der Waals surface area (Å²) in [5, 5.41) is 6.04. The van der Waals surface area contributed by atoms with E-state index in [1.807, 2.05) is 70.5 Å². The van der Waals surface area contributed by atoms with E-state index in [0.29, 0.717) is 61.7 Å². The Kier molecular flexibility index (Phi) is 12.0. The van der Waals surface area contributed by atoms with Crippen molar-refractivity contribution in [1.82, 2.24) is 40.4 Å². The van der Waals surface area contributed by atoms with Crippen LogP contribution in [0.4, 0.5) is 0 Å². The lowest BCUT2D eigenvalue weighted by Gasteiger charge is -2.29. The standard InChI is InChI=1S/C47H50N8O6/c56-39(25-30-19-20-30)52-40(32-12-3-1-4-13-32)45(58)55-24-10-18-38(55)43-49-27-36(51-43)47-60-28-31(29-61-47)11-7-8-16-35-26-48-42(50-35)37-17-9-23-54(37)46(59)41(33-14-5-2-6-15-33)53-44(57)34-21-22-34/h1-6,12-15,26-27,30-31,34,37-38,40-41,47H,9-10,17-25,28-29H2,(H,48,50)(H,49,51)(H,52,56)(H,53,57)/t31?,37-,38-,40-,41-,47?/m0/s1. The Labute approximate surface area is 355 Å². The van der Waals surface area contributed by atoms with Crippen LogP contribution in [0.15, 0.2) is 73.1 Å². The first-order chi connectivity index (χ1) is 29.9. The van der Waals surface area contributed by atoms with Gasteiger partial charge in [0.2, 0.25) is 29.9 Å². The van der Waals surface area contributed by atoms with Gasteiger partial charge >= 0.3 is 0 Å². The Morgan fingerprint density at radius 1 is 0.721 bits per heavy atom. The van der Waals surface area contributed by atoms with Crippen molar-refractivity contribution in [3.05, 3.63) is 107 Å². The largest absolute Gasteiger partial charge is 0.346 e. The lowest BCUT2D eigenvalue weighted by molar-refractivity contribution is -0.198. The van der Waals surface area contributed by atoms with E-state index in [4.69, 9.17) is 9.47 Å². The zero-order valence-electron chi connectivity index (χ0n) is 34.0. The maximum absolute atomic E-state index is 14.1. The Morgan fingerprint density at radius 2 is 1.31 bits per heavy atom. The topological polar surface area (TPSA) is 175 Å². The van der Waals surface area contributed by atoms with Gasteiger partial charge in [-0.15, -0.1) is 0 Å². The Balaban J connectivity index is 0.782. The number of aromatic amines is 2. The molecule has 2 aromatic heterocycles. The van der Waals surface area contributed by atoms with Crippen LogP contribution in [0.1, 0.15) is 122 Å². The van der Waals surface area contributed by atoms with Crippen LogP contribution in [0, 0.1) is 41.4 Å². The van der Waals surface area contributed by atoms with Crippen molar-refractivity contribution in [2.75, 3.05) is 26.3 Å². The van der Waals surface area contributed by atoms with Gasteiger partial charge in [-0.3, -0.25) is 19.2 Å². The van der Waals surface area contributed by atoms with Gasteiger partial charge < -0.3 is 39.9 Å². The molecule has 3 saturated heterocycles. The summed E-state index contributed by atoms with van der Waals surface area (Å²) < 4.78 is 12.1. The molecule has 5 heterocycles. The van der Waals surface area contributed by atoms with Gasteiger partial charge in [-0.2, -0.15) is 0 Å². The van der Waals surface area contributed by atoms with Crippen LogP contribution in [-0.2, 0) is 28.7 Å². The molecule has 2 saturated carbocycles. The summed E-state index contributed by atoms with van der Waals surface area (Å²) in [5.74, 6) is 13.1. The fraction of sp³-hybridized carbons (Fsp3) is 0.447. The zero-order valence-corrected chi connectivity index (χ0v) is 34.0. The van der Waals surface area contributed by atoms with Crippen molar-refractivity contribution in [1.29, 1.82) is 0 Å². The van der Waals surface area contributed by atoms with Crippen molar-refractivity contribution in [2.45, 2.75) is 88.2 Å². The summed E-state index contributed by atoms with van der Waals surface area (Å²) in [6.07, 6.45) is 10.1. The van der Waals surface area contributed by atoms with Gasteiger partial charge in [0.25, 0.3) is 0 Å². The third-order valence-electron chi connectivity index (χ3n) is 12.1. The number of ether oxygens (including phenoxy) is 2. The van der Waals surface area contributed by atoms with Gasteiger partial charge in [0.1, 0.15) is 29.4 Å². The van der Waals surface area contributed by atoms with E-state index >= 15 is 0 Å². The number of hydrogen-bond acceptors (Lipinski definition) is 8. The average Bonchev–Trinajstić information content (AvgIpc) is 4.00. The highest BCUT2D eigenvalue weighted by Crippen LogP contribution is 2.37. The summed E-state index contributed by atoms with van der Waals surface area (Å²) in [4.78, 5) is 73.1. The van der Waals surface area contributed by atoms with Gasteiger partial charge in [0.05, 0.1) is 49.3 Å². The maximum atomic E-state index is 14.1. The van der Waals surface area contributed by atoms with Crippen molar-refractivity contribution in [3.63, 3.8) is 0 Å². The van der Waals surface area contributed by atoms with Gasteiger partial charge in [-0.05, 0) is 86.2 Å². The van der Waals surface area contributed by atoms with E-state index in [1.165, 1.54) is 0 Å². The second-order valence-electron chi connectivity index (χ2n) is 16.7. The Hall–Kier alpha value is -6.22. The monoisotopic (exact) mass is 822 g/mol. The molecule has 2 aliphatic carbocycles. The molecule has 314 valence electrons. The second kappa shape index (κ2) is 18.2. The lowest BCUT2D eigenvalue weighted by atomic mass is 10.0. The maximum Gasteiger partial charge on any atom is 0.250 e. The third-order valence-corrected chi connectivity index (χ3v) is 12.1. The molecule has 0 unspecified atom stereocenters. The molecule has 0 bridgehead atoms. The molecule has 4 N–H and O–H groups in total. The van der Waals surface area contributed by atoms with E-state index in [1.54, 1.807) is 12.4 Å². The van der Waals surface area contributed by atoms with E-state index in [0.717, 1.165) is 62.5 Å². The number of carbonyl (C=O) groups excluding carboxylic acids is 4. The number of rotatable bonds is 12. The van der Waals surface area contributed by atoms with E-state index in [2.05, 4.69) is 54.3 Å². The van der Waals surface area contributed by atoms with E-state index in [-0.39, 0.29) is 47.5 Å². The molecular weight excluding hydrogens is 773 g/mol. The molecule has 5 aliphatic rings. The predicted octanol–water partition coefficient (Wildman–Crippen LogP) is 5.10. The Morgan fingerprint density at radius 3 is 1.92 bits per heavy atom. The minimum absolute atomic E-state index is 0.0122. The summed E-state index contributed by atoms with van der Waals surface area (Å²) in [7, 11) is 0. The van der Waals surface area contributed by atoms with Gasteiger partial charge in [0.15, 0.2) is 0 Å². The quantitative estimate of drug-likeness (QED) is 0.143. The molecular formula is C47H50N8O6. The van der Waals surface area contributed by atoms with Gasteiger partial charge in [-0.25, -0.2) is 9.97 Å². The highest BCUT2D eigenvalue weighted by atomic mass is 16.7. The number of nitrogens with one attached hydrogen (secondary N) is 4.